The predicted octanol–water partition coefficient (Wildman–Crippen LogP) is 2.62. The van der Waals surface area contributed by atoms with Crippen LogP contribution in [0.15, 0.2) is 36.5 Å². The van der Waals surface area contributed by atoms with Crippen LogP contribution in [0.25, 0.3) is 0 Å². The lowest BCUT2D eigenvalue weighted by atomic mass is 10.1. The van der Waals surface area contributed by atoms with Crippen molar-refractivity contribution < 1.29 is 14.3 Å². The van der Waals surface area contributed by atoms with Crippen molar-refractivity contribution in [2.45, 2.75) is 25.7 Å². The van der Waals surface area contributed by atoms with E-state index in [0.29, 0.717) is 19.8 Å². The maximum atomic E-state index is 12.3. The van der Waals surface area contributed by atoms with E-state index in [0.717, 1.165) is 41.2 Å². The summed E-state index contributed by atoms with van der Waals surface area (Å²) in [5.41, 5.74) is 3.31. The Labute approximate surface area is 147 Å². The Balaban J connectivity index is 1.29. The van der Waals surface area contributed by atoms with Gasteiger partial charge in [-0.2, -0.15) is 0 Å². The topological polar surface area (TPSA) is 60.5 Å². The molecule has 2 heterocycles. The number of carbonyl (C=O) groups is 1. The van der Waals surface area contributed by atoms with Crippen LogP contribution in [0.4, 0.5) is 0 Å². The fourth-order valence-corrected chi connectivity index (χ4v) is 3.25. The summed E-state index contributed by atoms with van der Waals surface area (Å²) in [7, 11) is 0. The molecule has 0 spiro atoms. The predicted molar refractivity (Wildman–Crippen MR) is 94.0 cm³/mol. The number of aryl methyl sites for hydroxylation is 1. The minimum absolute atomic E-state index is 0.0682. The molecule has 1 fully saturated rings. The SMILES string of the molecule is Cc1ccc(CCNC(=O)C2CC2c2ccc3c(c2)OCCO3)cn1. The second kappa shape index (κ2) is 6.75. The molecule has 2 unspecified atom stereocenters. The van der Waals surface area contributed by atoms with E-state index >= 15 is 0 Å². The van der Waals surface area contributed by atoms with Crippen molar-refractivity contribution in [1.29, 1.82) is 0 Å². The number of aromatic nitrogens is 1. The molecule has 1 amide bonds. The summed E-state index contributed by atoms with van der Waals surface area (Å²) < 4.78 is 11.2. The van der Waals surface area contributed by atoms with Crippen molar-refractivity contribution >= 4 is 5.91 Å². The molecule has 2 aromatic rings. The summed E-state index contributed by atoms with van der Waals surface area (Å²) in [5, 5.41) is 3.05. The molecule has 5 heteroatoms. The van der Waals surface area contributed by atoms with Gasteiger partial charge in [0.25, 0.3) is 0 Å². The van der Waals surface area contributed by atoms with Crippen LogP contribution in [-0.2, 0) is 11.2 Å². The second-order valence-electron chi connectivity index (χ2n) is 6.70. The van der Waals surface area contributed by atoms with Crippen molar-refractivity contribution in [3.05, 3.63) is 53.3 Å². The van der Waals surface area contributed by atoms with Gasteiger partial charge in [0, 0.05) is 24.4 Å². The summed E-state index contributed by atoms with van der Waals surface area (Å²) in [6.07, 6.45) is 3.58. The number of fused-ring (bicyclic) bond motifs is 1. The summed E-state index contributed by atoms with van der Waals surface area (Å²) in [4.78, 5) is 16.6. The number of amides is 1. The van der Waals surface area contributed by atoms with Gasteiger partial charge in [-0.05, 0) is 55.0 Å². The van der Waals surface area contributed by atoms with E-state index in [2.05, 4.69) is 16.4 Å². The molecule has 1 saturated carbocycles. The highest BCUT2D eigenvalue weighted by Gasteiger charge is 2.44. The molecule has 0 bridgehead atoms. The van der Waals surface area contributed by atoms with Gasteiger partial charge in [-0.1, -0.05) is 12.1 Å². The van der Waals surface area contributed by atoms with E-state index < -0.39 is 0 Å². The first-order chi connectivity index (χ1) is 12.2. The van der Waals surface area contributed by atoms with Crippen LogP contribution in [0.3, 0.4) is 0 Å². The normalized spacial score (nSPS) is 20.8. The minimum atomic E-state index is 0.0682. The number of ether oxygens (including phenoxy) is 2. The van der Waals surface area contributed by atoms with E-state index in [4.69, 9.17) is 9.47 Å². The van der Waals surface area contributed by atoms with Gasteiger partial charge in [-0.25, -0.2) is 0 Å². The van der Waals surface area contributed by atoms with Crippen molar-refractivity contribution in [2.24, 2.45) is 5.92 Å². The number of nitrogens with one attached hydrogen (secondary N) is 1. The number of hydrogen-bond donors (Lipinski definition) is 1. The van der Waals surface area contributed by atoms with E-state index in [1.807, 2.05) is 37.4 Å². The third-order valence-electron chi connectivity index (χ3n) is 4.81. The molecule has 1 aliphatic carbocycles. The molecular formula is C20H22N2O3. The van der Waals surface area contributed by atoms with E-state index in [-0.39, 0.29) is 17.7 Å². The number of rotatable bonds is 5. The van der Waals surface area contributed by atoms with Gasteiger partial charge in [-0.15, -0.1) is 0 Å². The van der Waals surface area contributed by atoms with E-state index in [9.17, 15) is 4.79 Å². The Morgan fingerprint density at radius 1 is 1.20 bits per heavy atom. The van der Waals surface area contributed by atoms with Crippen LogP contribution in [0.1, 0.15) is 29.2 Å². The fourth-order valence-electron chi connectivity index (χ4n) is 3.25. The van der Waals surface area contributed by atoms with Crippen molar-refractivity contribution in [1.82, 2.24) is 10.3 Å². The standard InChI is InChI=1S/C20H22N2O3/c1-13-2-3-14(12-22-13)6-7-21-20(23)17-11-16(17)15-4-5-18-19(10-15)25-9-8-24-18/h2-5,10,12,16-17H,6-9,11H2,1H3,(H,21,23). The first-order valence-electron chi connectivity index (χ1n) is 8.79. The van der Waals surface area contributed by atoms with Gasteiger partial charge in [0.15, 0.2) is 11.5 Å². The molecule has 130 valence electrons. The Morgan fingerprint density at radius 2 is 2.04 bits per heavy atom. The number of benzene rings is 1. The Bertz CT molecular complexity index is 773. The van der Waals surface area contributed by atoms with Crippen LogP contribution in [0.5, 0.6) is 11.5 Å². The lowest BCUT2D eigenvalue weighted by Crippen LogP contribution is -2.27. The van der Waals surface area contributed by atoms with Crippen LogP contribution >= 0.6 is 0 Å². The lowest BCUT2D eigenvalue weighted by molar-refractivity contribution is -0.122. The van der Waals surface area contributed by atoms with Crippen LogP contribution in [-0.4, -0.2) is 30.6 Å². The molecule has 1 aromatic heterocycles. The number of hydrogen-bond acceptors (Lipinski definition) is 4. The minimum Gasteiger partial charge on any atom is -0.486 e. The molecule has 0 saturated heterocycles. The molecule has 0 radical (unpaired) electrons. The summed E-state index contributed by atoms with van der Waals surface area (Å²) in [5.74, 6) is 2.08. The molecule has 2 atom stereocenters. The molecule has 25 heavy (non-hydrogen) atoms. The van der Waals surface area contributed by atoms with Crippen LogP contribution < -0.4 is 14.8 Å². The van der Waals surface area contributed by atoms with Crippen molar-refractivity contribution in [2.75, 3.05) is 19.8 Å². The maximum Gasteiger partial charge on any atom is 0.223 e. The average molecular weight is 338 g/mol. The summed E-state index contributed by atoms with van der Waals surface area (Å²) in [6, 6.07) is 10.1. The molecule has 5 nitrogen and oxygen atoms in total. The molecule has 1 aliphatic heterocycles. The maximum absolute atomic E-state index is 12.3. The first kappa shape index (κ1) is 15.9. The molecular weight excluding hydrogens is 316 g/mol. The van der Waals surface area contributed by atoms with Gasteiger partial charge in [0.1, 0.15) is 13.2 Å². The lowest BCUT2D eigenvalue weighted by Gasteiger charge is -2.18. The van der Waals surface area contributed by atoms with Gasteiger partial charge in [0.05, 0.1) is 0 Å². The number of carbonyl (C=O) groups excluding carboxylic acids is 1. The highest BCUT2D eigenvalue weighted by molar-refractivity contribution is 5.83. The monoisotopic (exact) mass is 338 g/mol. The Kier molecular flexibility index (Phi) is 4.30. The van der Waals surface area contributed by atoms with Crippen LogP contribution in [0.2, 0.25) is 0 Å². The zero-order valence-electron chi connectivity index (χ0n) is 14.3. The molecule has 2 aliphatic rings. The second-order valence-corrected chi connectivity index (χ2v) is 6.70. The summed E-state index contributed by atoms with van der Waals surface area (Å²) >= 11 is 0. The molecule has 1 aromatic carbocycles. The summed E-state index contributed by atoms with van der Waals surface area (Å²) in [6.45, 7) is 3.79. The van der Waals surface area contributed by atoms with Gasteiger partial charge < -0.3 is 14.8 Å². The number of pyridine rings is 1. The molecule has 4 rings (SSSR count). The van der Waals surface area contributed by atoms with Crippen LogP contribution in [0, 0.1) is 12.8 Å². The zero-order valence-corrected chi connectivity index (χ0v) is 14.3. The molecule has 1 N–H and O–H groups in total. The van der Waals surface area contributed by atoms with Crippen molar-refractivity contribution in [3.63, 3.8) is 0 Å². The highest BCUT2D eigenvalue weighted by atomic mass is 16.6. The number of nitrogens with zero attached hydrogens (tertiary/aromatic N) is 1. The Hall–Kier alpha value is -2.56. The third kappa shape index (κ3) is 3.60. The zero-order chi connectivity index (χ0) is 17.2. The largest absolute Gasteiger partial charge is 0.486 e. The van der Waals surface area contributed by atoms with E-state index in [1.54, 1.807) is 0 Å². The van der Waals surface area contributed by atoms with E-state index in [1.165, 1.54) is 0 Å². The van der Waals surface area contributed by atoms with Gasteiger partial charge in [-0.3, -0.25) is 9.78 Å². The fraction of sp³-hybridized carbons (Fsp3) is 0.400. The van der Waals surface area contributed by atoms with Gasteiger partial charge in [0.2, 0.25) is 5.91 Å². The van der Waals surface area contributed by atoms with Gasteiger partial charge >= 0.3 is 0 Å². The van der Waals surface area contributed by atoms with Crippen molar-refractivity contribution in [3.8, 4) is 11.5 Å². The average Bonchev–Trinajstić information content (AvgIpc) is 3.44. The quantitative estimate of drug-likeness (QED) is 0.910. The third-order valence-corrected chi connectivity index (χ3v) is 4.81. The smallest absolute Gasteiger partial charge is 0.223 e. The Morgan fingerprint density at radius 3 is 2.84 bits per heavy atom. The first-order valence-corrected chi connectivity index (χ1v) is 8.79. The highest BCUT2D eigenvalue weighted by Crippen LogP contribution is 2.49.